The third-order valence-electron chi connectivity index (χ3n) is 6.75. The number of amidine groups is 1. The number of carbonyl (C=O) groups excluding carboxylic acids is 1. The van der Waals surface area contributed by atoms with E-state index in [0.29, 0.717) is 6.54 Å². The third-order valence-corrected chi connectivity index (χ3v) is 7.75. The molecule has 36 heavy (non-hydrogen) atoms. The summed E-state index contributed by atoms with van der Waals surface area (Å²) in [4.78, 5) is 25.7. The zero-order chi connectivity index (χ0) is 24.7. The number of amides is 1. The van der Waals surface area contributed by atoms with Crippen LogP contribution in [0.2, 0.25) is 0 Å². The Labute approximate surface area is 217 Å². The number of para-hydroxylation sites is 1. The van der Waals surface area contributed by atoms with Crippen molar-refractivity contribution in [2.75, 3.05) is 70.6 Å². The summed E-state index contributed by atoms with van der Waals surface area (Å²) in [6.07, 6.45) is 2.93. The number of morpholine rings is 2. The molecule has 1 amide bonds. The number of hydrogen-bond acceptors (Lipinski definition) is 7. The van der Waals surface area contributed by atoms with E-state index in [0.717, 1.165) is 92.5 Å². The van der Waals surface area contributed by atoms with Crippen LogP contribution in [-0.4, -0.2) is 86.6 Å². The Morgan fingerprint density at radius 2 is 1.67 bits per heavy atom. The molecule has 2 aromatic rings. The molecule has 0 N–H and O–H groups in total. The van der Waals surface area contributed by atoms with Crippen molar-refractivity contribution in [3.63, 3.8) is 0 Å². The lowest BCUT2D eigenvalue weighted by molar-refractivity contribution is -0.122. The zero-order valence-electron chi connectivity index (χ0n) is 20.9. The van der Waals surface area contributed by atoms with Crippen molar-refractivity contribution < 1.29 is 14.3 Å². The summed E-state index contributed by atoms with van der Waals surface area (Å²) in [5.74, 6) is 0.0355. The topological polar surface area (TPSA) is 57.6 Å². The quantitative estimate of drug-likeness (QED) is 0.526. The minimum Gasteiger partial charge on any atom is -0.379 e. The largest absolute Gasteiger partial charge is 0.379 e. The number of thioether (sulfide) groups is 1. The predicted octanol–water partition coefficient (Wildman–Crippen LogP) is 4.16. The predicted molar refractivity (Wildman–Crippen MR) is 147 cm³/mol. The van der Waals surface area contributed by atoms with Gasteiger partial charge in [-0.2, -0.15) is 0 Å². The molecular weight excluding hydrogens is 472 g/mol. The number of nitrogens with zero attached hydrogens (tertiary/aromatic N) is 4. The van der Waals surface area contributed by atoms with E-state index in [1.165, 1.54) is 17.4 Å². The van der Waals surface area contributed by atoms with E-state index >= 15 is 0 Å². The van der Waals surface area contributed by atoms with Gasteiger partial charge in [-0.3, -0.25) is 14.6 Å². The summed E-state index contributed by atoms with van der Waals surface area (Å²) in [6.45, 7) is 10.6. The molecule has 0 aromatic heterocycles. The number of ether oxygens (including phenoxy) is 2. The van der Waals surface area contributed by atoms with Gasteiger partial charge in [0.2, 0.25) is 0 Å². The van der Waals surface area contributed by atoms with Gasteiger partial charge in [0.05, 0.1) is 37.0 Å². The Hall–Kier alpha value is -2.65. The smallest absolute Gasteiger partial charge is 0.266 e. The molecule has 3 saturated heterocycles. The number of benzene rings is 2. The monoisotopic (exact) mass is 506 g/mol. The van der Waals surface area contributed by atoms with E-state index < -0.39 is 0 Å². The van der Waals surface area contributed by atoms with Crippen molar-refractivity contribution in [3.05, 3.63) is 64.6 Å². The van der Waals surface area contributed by atoms with Crippen LogP contribution in [0, 0.1) is 6.92 Å². The molecule has 0 spiro atoms. The summed E-state index contributed by atoms with van der Waals surface area (Å²) in [6, 6.07) is 16.3. The Morgan fingerprint density at radius 3 is 2.39 bits per heavy atom. The van der Waals surface area contributed by atoms with Crippen LogP contribution in [-0.2, 0) is 14.3 Å². The van der Waals surface area contributed by atoms with Crippen molar-refractivity contribution >= 4 is 40.3 Å². The first-order valence-corrected chi connectivity index (χ1v) is 13.6. The second-order valence-electron chi connectivity index (χ2n) is 9.25. The van der Waals surface area contributed by atoms with E-state index in [4.69, 9.17) is 14.5 Å². The van der Waals surface area contributed by atoms with E-state index in [1.807, 2.05) is 41.3 Å². The molecule has 0 atom stereocenters. The molecule has 2 aromatic carbocycles. The summed E-state index contributed by atoms with van der Waals surface area (Å²) in [5.41, 5.74) is 4.29. The molecule has 0 saturated carbocycles. The number of aryl methyl sites for hydroxylation is 1. The standard InChI is InChI=1S/C28H34N4O3S/c1-22-20-25(31-14-18-35-19-15-31)9-8-23(22)21-26-27(33)32(11-5-10-30-12-16-34-17-13-30)28(36-26)29-24-6-3-2-4-7-24/h2-4,6-9,20-21H,5,10-19H2,1H3/b26-21-,29-28?. The van der Waals surface area contributed by atoms with Crippen LogP contribution in [0.4, 0.5) is 11.4 Å². The molecule has 3 heterocycles. The van der Waals surface area contributed by atoms with Crippen LogP contribution < -0.4 is 4.90 Å². The maximum absolute atomic E-state index is 13.5. The lowest BCUT2D eigenvalue weighted by Crippen LogP contribution is -2.38. The van der Waals surface area contributed by atoms with Crippen LogP contribution in [0.3, 0.4) is 0 Å². The average molecular weight is 507 g/mol. The van der Waals surface area contributed by atoms with Gasteiger partial charge in [0.25, 0.3) is 5.91 Å². The molecule has 8 heteroatoms. The van der Waals surface area contributed by atoms with Crippen molar-refractivity contribution in [3.8, 4) is 0 Å². The number of anilines is 1. The molecule has 7 nitrogen and oxygen atoms in total. The maximum atomic E-state index is 13.5. The van der Waals surface area contributed by atoms with Crippen LogP contribution in [0.1, 0.15) is 17.5 Å². The molecule has 3 aliphatic heterocycles. The van der Waals surface area contributed by atoms with Crippen molar-refractivity contribution in [1.29, 1.82) is 0 Å². The summed E-state index contributed by atoms with van der Waals surface area (Å²) in [5, 5.41) is 0.752. The first kappa shape index (κ1) is 25.0. The molecule has 0 unspecified atom stereocenters. The molecule has 0 aliphatic carbocycles. The SMILES string of the molecule is Cc1cc(N2CCOCC2)ccc1/C=C1\SC(=Nc2ccccc2)N(CCCN2CCOCC2)C1=O. The molecule has 3 fully saturated rings. The minimum absolute atomic E-state index is 0.0355. The van der Waals surface area contributed by atoms with Crippen LogP contribution >= 0.6 is 11.8 Å². The molecule has 190 valence electrons. The Bertz CT molecular complexity index is 1110. The fourth-order valence-electron chi connectivity index (χ4n) is 4.66. The van der Waals surface area contributed by atoms with Gasteiger partial charge in [-0.05, 0) is 66.6 Å². The normalized spacial score (nSPS) is 21.6. The Balaban J connectivity index is 1.34. The summed E-state index contributed by atoms with van der Waals surface area (Å²) < 4.78 is 10.9. The Morgan fingerprint density at radius 1 is 0.944 bits per heavy atom. The number of hydrogen-bond donors (Lipinski definition) is 0. The van der Waals surface area contributed by atoms with E-state index in [2.05, 4.69) is 34.9 Å². The van der Waals surface area contributed by atoms with Gasteiger partial charge in [0.15, 0.2) is 5.17 Å². The van der Waals surface area contributed by atoms with Crippen LogP contribution in [0.25, 0.3) is 6.08 Å². The molecule has 0 bridgehead atoms. The van der Waals surface area contributed by atoms with Crippen molar-refractivity contribution in [2.45, 2.75) is 13.3 Å². The highest BCUT2D eigenvalue weighted by Crippen LogP contribution is 2.35. The fourth-order valence-corrected chi connectivity index (χ4v) is 5.68. The number of rotatable bonds is 7. The fraction of sp³-hybridized carbons (Fsp3) is 0.429. The van der Waals surface area contributed by atoms with Gasteiger partial charge in [-0.15, -0.1) is 0 Å². The van der Waals surface area contributed by atoms with E-state index in [-0.39, 0.29) is 5.91 Å². The van der Waals surface area contributed by atoms with Crippen molar-refractivity contribution in [1.82, 2.24) is 9.80 Å². The summed E-state index contributed by atoms with van der Waals surface area (Å²) >= 11 is 1.47. The van der Waals surface area contributed by atoms with Gasteiger partial charge in [-0.1, -0.05) is 24.3 Å². The Kier molecular flexibility index (Phi) is 8.38. The highest BCUT2D eigenvalue weighted by Gasteiger charge is 2.33. The first-order chi connectivity index (χ1) is 17.7. The first-order valence-electron chi connectivity index (χ1n) is 12.8. The lowest BCUT2D eigenvalue weighted by Gasteiger charge is -2.29. The maximum Gasteiger partial charge on any atom is 0.266 e. The molecule has 0 radical (unpaired) electrons. The molecule has 3 aliphatic rings. The highest BCUT2D eigenvalue weighted by atomic mass is 32.2. The second-order valence-corrected chi connectivity index (χ2v) is 10.3. The van der Waals surface area contributed by atoms with Gasteiger partial charge in [-0.25, -0.2) is 4.99 Å². The van der Waals surface area contributed by atoms with Gasteiger partial charge < -0.3 is 14.4 Å². The van der Waals surface area contributed by atoms with Gasteiger partial charge >= 0.3 is 0 Å². The van der Waals surface area contributed by atoms with E-state index in [9.17, 15) is 4.79 Å². The third kappa shape index (κ3) is 6.18. The van der Waals surface area contributed by atoms with E-state index in [1.54, 1.807) is 0 Å². The van der Waals surface area contributed by atoms with Gasteiger partial charge in [0, 0.05) is 45.0 Å². The minimum atomic E-state index is 0.0355. The zero-order valence-corrected chi connectivity index (χ0v) is 21.7. The number of carbonyl (C=O) groups is 1. The highest BCUT2D eigenvalue weighted by molar-refractivity contribution is 8.18. The molecular formula is C28H34N4O3S. The molecule has 5 rings (SSSR count). The summed E-state index contributed by atoms with van der Waals surface area (Å²) in [7, 11) is 0. The number of aliphatic imine (C=N–C) groups is 1. The van der Waals surface area contributed by atoms with Crippen molar-refractivity contribution in [2.24, 2.45) is 4.99 Å². The average Bonchev–Trinajstić information content (AvgIpc) is 3.20. The lowest BCUT2D eigenvalue weighted by atomic mass is 10.1. The van der Waals surface area contributed by atoms with Crippen LogP contribution in [0.15, 0.2) is 58.4 Å². The van der Waals surface area contributed by atoms with Crippen LogP contribution in [0.5, 0.6) is 0 Å². The van der Waals surface area contributed by atoms with Gasteiger partial charge in [0.1, 0.15) is 0 Å². The second kappa shape index (κ2) is 12.1.